The Balaban J connectivity index is 3.83. The predicted octanol–water partition coefficient (Wildman–Crippen LogP) is 6.79. The summed E-state index contributed by atoms with van der Waals surface area (Å²) in [6, 6.07) is 0. The second-order valence-electron chi connectivity index (χ2n) is 9.77. The SMILES string of the molecule is CCP1(C)=C(C(C)(C)C)C=C(C(C)(C)C)C=C1C(C)(C)C. The van der Waals surface area contributed by atoms with Crippen molar-refractivity contribution in [1.82, 2.24) is 0 Å². The van der Waals surface area contributed by atoms with Crippen molar-refractivity contribution in [3.63, 3.8) is 0 Å². The van der Waals surface area contributed by atoms with Gasteiger partial charge in [0.2, 0.25) is 0 Å². The highest BCUT2D eigenvalue weighted by atomic mass is 31.2. The Bertz CT molecular complexity index is 517. The molecule has 0 aliphatic carbocycles. The fraction of sp³-hybridized carbons (Fsp3) is 0.750. The monoisotopic (exact) mass is 308 g/mol. The molecule has 0 bridgehead atoms. The Morgan fingerprint density at radius 1 is 0.762 bits per heavy atom. The zero-order chi connectivity index (χ0) is 16.9. The summed E-state index contributed by atoms with van der Waals surface area (Å²) in [6.07, 6.45) is 6.37. The molecule has 0 amide bonds. The molecule has 0 N–H and O–H groups in total. The van der Waals surface area contributed by atoms with E-state index in [1.54, 1.807) is 10.6 Å². The molecule has 1 heterocycles. The smallest absolute Gasteiger partial charge is 0.0128 e. The maximum absolute atomic E-state index is 2.56. The van der Waals surface area contributed by atoms with Crippen molar-refractivity contribution in [3.8, 4) is 0 Å². The van der Waals surface area contributed by atoms with Gasteiger partial charge in [0.05, 0.1) is 0 Å². The lowest BCUT2D eigenvalue weighted by Gasteiger charge is -2.43. The van der Waals surface area contributed by atoms with Crippen LogP contribution in [0.5, 0.6) is 0 Å². The van der Waals surface area contributed by atoms with Crippen LogP contribution in [0.4, 0.5) is 0 Å². The summed E-state index contributed by atoms with van der Waals surface area (Å²) in [5.74, 6) is 0. The van der Waals surface area contributed by atoms with Crippen molar-refractivity contribution in [1.29, 1.82) is 0 Å². The molecule has 1 aliphatic heterocycles. The molecule has 0 nitrogen and oxygen atoms in total. The third-order valence-electron chi connectivity index (χ3n) is 4.68. The molecule has 0 saturated heterocycles. The highest BCUT2D eigenvalue weighted by Gasteiger charge is 2.36. The molecule has 0 radical (unpaired) electrons. The summed E-state index contributed by atoms with van der Waals surface area (Å²) in [5.41, 5.74) is 2.22. The number of allylic oxidation sites excluding steroid dienone is 4. The van der Waals surface area contributed by atoms with Gasteiger partial charge in [-0.25, -0.2) is 0 Å². The van der Waals surface area contributed by atoms with Crippen LogP contribution in [0.25, 0.3) is 0 Å². The van der Waals surface area contributed by atoms with Gasteiger partial charge in [0.1, 0.15) is 0 Å². The lowest BCUT2D eigenvalue weighted by Crippen LogP contribution is -2.28. The lowest BCUT2D eigenvalue weighted by atomic mass is 9.81. The molecule has 0 saturated carbocycles. The molecule has 0 fully saturated rings. The maximum atomic E-state index is 2.56. The first-order chi connectivity index (χ1) is 9.14. The van der Waals surface area contributed by atoms with Gasteiger partial charge in [0.15, 0.2) is 0 Å². The van der Waals surface area contributed by atoms with Gasteiger partial charge in [-0.15, -0.1) is 0 Å². The number of hydrogen-bond acceptors (Lipinski definition) is 0. The lowest BCUT2D eigenvalue weighted by molar-refractivity contribution is 0.502. The van der Waals surface area contributed by atoms with Crippen LogP contribution in [0.3, 0.4) is 0 Å². The molecule has 1 atom stereocenters. The minimum atomic E-state index is -1.21. The Hall–Kier alpha value is -0.220. The number of rotatable bonds is 1. The van der Waals surface area contributed by atoms with Crippen LogP contribution in [0.1, 0.15) is 69.2 Å². The number of hydrogen-bond donors (Lipinski definition) is 0. The van der Waals surface area contributed by atoms with Gasteiger partial charge in [-0.3, -0.25) is 0 Å². The first-order valence-corrected chi connectivity index (χ1v) is 10.7. The molecule has 122 valence electrons. The van der Waals surface area contributed by atoms with E-state index in [0.717, 1.165) is 0 Å². The molecule has 0 aromatic rings. The fourth-order valence-corrected chi connectivity index (χ4v) is 8.19. The topological polar surface area (TPSA) is 0 Å². The van der Waals surface area contributed by atoms with Crippen molar-refractivity contribution < 1.29 is 0 Å². The van der Waals surface area contributed by atoms with E-state index in [1.807, 2.05) is 0 Å². The van der Waals surface area contributed by atoms with E-state index in [0.29, 0.717) is 0 Å². The van der Waals surface area contributed by atoms with Crippen LogP contribution in [-0.4, -0.2) is 18.1 Å². The van der Waals surface area contributed by atoms with Crippen molar-refractivity contribution >= 4 is 12.2 Å². The fourth-order valence-electron chi connectivity index (χ4n) is 3.44. The van der Waals surface area contributed by atoms with E-state index in [1.165, 1.54) is 11.7 Å². The minimum absolute atomic E-state index is 0.214. The molecule has 1 rings (SSSR count). The zero-order valence-corrected chi connectivity index (χ0v) is 17.2. The largest absolute Gasteiger partial charge is 0.0803 e. The Labute approximate surface area is 134 Å². The predicted molar refractivity (Wildman–Crippen MR) is 103 cm³/mol. The minimum Gasteiger partial charge on any atom is -0.0803 e. The Morgan fingerprint density at radius 3 is 1.52 bits per heavy atom. The van der Waals surface area contributed by atoms with Crippen LogP contribution in [0.15, 0.2) is 23.0 Å². The van der Waals surface area contributed by atoms with E-state index in [4.69, 9.17) is 0 Å². The summed E-state index contributed by atoms with van der Waals surface area (Å²) >= 11 is 0. The van der Waals surface area contributed by atoms with Crippen molar-refractivity contribution in [3.05, 3.63) is 23.0 Å². The van der Waals surface area contributed by atoms with Crippen LogP contribution < -0.4 is 0 Å². The molecule has 1 heteroatoms. The highest BCUT2D eigenvalue weighted by molar-refractivity contribution is 7.79. The third-order valence-corrected chi connectivity index (χ3v) is 9.67. The molecular weight excluding hydrogens is 271 g/mol. The quantitative estimate of drug-likeness (QED) is 0.468. The first kappa shape index (κ1) is 18.8. The van der Waals surface area contributed by atoms with Gasteiger partial charge in [-0.2, -0.15) is 0 Å². The van der Waals surface area contributed by atoms with Gasteiger partial charge in [-0.1, -0.05) is 88.3 Å². The molecule has 0 aromatic carbocycles. The van der Waals surface area contributed by atoms with Crippen LogP contribution in [-0.2, 0) is 0 Å². The average Bonchev–Trinajstić information content (AvgIpc) is 2.24. The van der Waals surface area contributed by atoms with Crippen LogP contribution in [0.2, 0.25) is 0 Å². The summed E-state index contributed by atoms with van der Waals surface area (Å²) in [6.45, 7) is 25.1. The van der Waals surface area contributed by atoms with Crippen molar-refractivity contribution in [2.45, 2.75) is 69.2 Å². The van der Waals surface area contributed by atoms with Crippen molar-refractivity contribution in [2.24, 2.45) is 16.2 Å². The molecule has 1 aliphatic rings. The van der Waals surface area contributed by atoms with E-state index in [2.05, 4.69) is 88.1 Å². The van der Waals surface area contributed by atoms with E-state index >= 15 is 0 Å². The summed E-state index contributed by atoms with van der Waals surface area (Å²) in [7, 11) is 0. The second kappa shape index (κ2) is 5.45. The second-order valence-corrected chi connectivity index (χ2v) is 13.8. The molecule has 0 aromatic heterocycles. The zero-order valence-electron chi connectivity index (χ0n) is 16.3. The first-order valence-electron chi connectivity index (χ1n) is 8.32. The highest BCUT2D eigenvalue weighted by Crippen LogP contribution is 2.64. The molecule has 1 unspecified atom stereocenters. The Morgan fingerprint density at radius 2 is 1.24 bits per heavy atom. The average molecular weight is 308 g/mol. The molecule has 0 spiro atoms. The summed E-state index contributed by atoms with van der Waals surface area (Å²) < 4.78 is 0. The molecule has 21 heavy (non-hydrogen) atoms. The van der Waals surface area contributed by atoms with Gasteiger partial charge in [0, 0.05) is 0 Å². The molecular formula is C20H37P. The third kappa shape index (κ3) is 3.76. The van der Waals surface area contributed by atoms with Crippen molar-refractivity contribution in [2.75, 3.05) is 12.8 Å². The van der Waals surface area contributed by atoms with Crippen LogP contribution >= 0.6 is 6.89 Å². The normalized spacial score (nSPS) is 24.8. The standard InChI is InChI=1S/C20H37P/c1-12-21(11)16(19(5,6)7)13-15(18(2,3)4)14-17(21)20(8,9)10/h13-14H,12H2,1-11H3. The van der Waals surface area contributed by atoms with E-state index in [-0.39, 0.29) is 16.2 Å². The Kier molecular flexibility index (Phi) is 4.89. The van der Waals surface area contributed by atoms with E-state index < -0.39 is 6.89 Å². The maximum Gasteiger partial charge on any atom is -0.0128 e. The summed E-state index contributed by atoms with van der Waals surface area (Å²) in [5, 5.41) is 3.41. The van der Waals surface area contributed by atoms with Gasteiger partial charge < -0.3 is 0 Å². The van der Waals surface area contributed by atoms with Gasteiger partial charge >= 0.3 is 0 Å². The summed E-state index contributed by atoms with van der Waals surface area (Å²) in [4.78, 5) is 0. The van der Waals surface area contributed by atoms with Gasteiger partial charge in [0.25, 0.3) is 0 Å². The van der Waals surface area contributed by atoms with Gasteiger partial charge in [-0.05, 0) is 45.3 Å². The van der Waals surface area contributed by atoms with Crippen LogP contribution in [0, 0.1) is 16.2 Å². The van der Waals surface area contributed by atoms with E-state index in [9.17, 15) is 0 Å².